The number of fused-ring (bicyclic) bond motifs is 4. The maximum Gasteiger partial charge on any atom is 0.0887 e. The van der Waals surface area contributed by atoms with E-state index in [1.807, 2.05) is 0 Å². The molecule has 5 heteroatoms. The fraction of sp³-hybridized carbons (Fsp3) is 0.105. The highest BCUT2D eigenvalue weighted by Crippen LogP contribution is 2.74. The molecular weight excluding hydrogens is 1040 g/mol. The molecule has 12 aromatic rings. The van der Waals surface area contributed by atoms with Gasteiger partial charge in [0, 0.05) is 57.4 Å². The minimum Gasteiger partial charge on any atom is -0.308 e. The quantitative estimate of drug-likeness (QED) is 0.118. The molecule has 0 amide bonds. The Morgan fingerprint density at radius 1 is 0.580 bits per heavy atom. The van der Waals surface area contributed by atoms with E-state index in [-0.39, 0.29) is 5.41 Å². The number of nitrogens with zero attached hydrogens (tertiary/aromatic N) is 2. The zero-order chi connectivity index (χ0) is 55.4. The summed E-state index contributed by atoms with van der Waals surface area (Å²) in [6.07, 6.45) is 12.0. The SMILES string of the molecule is C=Cc1c(-c2ccccc2C)ccc2c1c1cc(-c3ccccc3)ccc1n2-c1cc(S(c2ccccc2)(c2ccccc2)c2ccccc2)cc(N(c2ccc(C3C=CC=CC3)c(C)c2)c2csc3ccc(C(C)(C)C)cc23)c1Cl. The van der Waals surface area contributed by atoms with E-state index < -0.39 is 10.0 Å². The van der Waals surface area contributed by atoms with Gasteiger partial charge in [-0.05, 0) is 167 Å². The molecule has 1 aliphatic carbocycles. The molecule has 0 saturated heterocycles. The van der Waals surface area contributed by atoms with Gasteiger partial charge in [0.15, 0.2) is 0 Å². The van der Waals surface area contributed by atoms with Crippen molar-refractivity contribution in [1.29, 1.82) is 0 Å². The largest absolute Gasteiger partial charge is 0.308 e. The lowest BCUT2D eigenvalue weighted by atomic mass is 9.86. The molecule has 0 fully saturated rings. The van der Waals surface area contributed by atoms with Gasteiger partial charge in [-0.25, -0.2) is 0 Å². The van der Waals surface area contributed by atoms with Crippen LogP contribution in [0.5, 0.6) is 0 Å². The molecule has 0 N–H and O–H groups in total. The molecule has 396 valence electrons. The van der Waals surface area contributed by atoms with E-state index in [2.05, 4.69) is 311 Å². The number of hydrogen-bond donors (Lipinski definition) is 0. The van der Waals surface area contributed by atoms with E-state index in [4.69, 9.17) is 11.6 Å². The van der Waals surface area contributed by atoms with Crippen molar-refractivity contribution in [2.45, 2.75) is 72.0 Å². The molecule has 0 saturated carbocycles. The predicted molar refractivity (Wildman–Crippen MR) is 351 cm³/mol. The van der Waals surface area contributed by atoms with E-state index in [0.717, 1.165) is 78.1 Å². The minimum atomic E-state index is -2.28. The molecule has 0 spiro atoms. The van der Waals surface area contributed by atoms with Gasteiger partial charge in [-0.1, -0.05) is 203 Å². The van der Waals surface area contributed by atoms with Crippen LogP contribution < -0.4 is 4.90 Å². The number of aryl methyl sites for hydroxylation is 2. The Morgan fingerprint density at radius 2 is 1.23 bits per heavy atom. The molecule has 2 heterocycles. The third kappa shape index (κ3) is 9.07. The van der Waals surface area contributed by atoms with Gasteiger partial charge < -0.3 is 9.47 Å². The number of rotatable bonds is 12. The first-order valence-corrected chi connectivity index (χ1v) is 30.9. The standard InChI is InChI=1S/C76H63ClN2S2/c1-7-62-65(64-36-24-23-25-51(64)2)41-43-69-74(62)67-46-55(53-26-13-8-14-27-53)37-42-68(67)79(69)71-49-61(81(58-30-17-10-18-31-58,59-32-19-11-20-33-59)60-34-21-12-22-35-60)48-70(75(71)77)78(57-39-40-63(52(3)45-57)54-28-15-9-16-29-54)72-50-80-73-44-38-56(47-66(72)73)76(4,5)6/h7-28,30-50,54H,1,29H2,2-6H3. The second-order valence-corrected chi connectivity index (χ2v) is 26.7. The van der Waals surface area contributed by atoms with Gasteiger partial charge in [-0.15, -0.1) is 21.4 Å². The van der Waals surface area contributed by atoms with Crippen LogP contribution in [-0.2, 0) is 5.41 Å². The lowest BCUT2D eigenvalue weighted by Crippen LogP contribution is -2.14. The highest BCUT2D eigenvalue weighted by molar-refractivity contribution is 8.34. The van der Waals surface area contributed by atoms with Crippen LogP contribution in [0.3, 0.4) is 0 Å². The molecule has 2 nitrogen and oxygen atoms in total. The van der Waals surface area contributed by atoms with E-state index in [1.54, 1.807) is 11.3 Å². The summed E-state index contributed by atoms with van der Waals surface area (Å²) in [6, 6.07) is 83.4. The molecule has 10 aromatic carbocycles. The van der Waals surface area contributed by atoms with Gasteiger partial charge in [0.25, 0.3) is 0 Å². The van der Waals surface area contributed by atoms with Gasteiger partial charge in [-0.3, -0.25) is 0 Å². The molecule has 1 atom stereocenters. The van der Waals surface area contributed by atoms with Gasteiger partial charge in [0.1, 0.15) is 0 Å². The Labute approximate surface area is 487 Å². The highest BCUT2D eigenvalue weighted by Gasteiger charge is 2.37. The van der Waals surface area contributed by atoms with Crippen LogP contribution in [0.4, 0.5) is 17.1 Å². The van der Waals surface area contributed by atoms with E-state index in [1.165, 1.54) is 52.6 Å². The summed E-state index contributed by atoms with van der Waals surface area (Å²) in [7, 11) is -2.28. The first-order chi connectivity index (χ1) is 39.5. The van der Waals surface area contributed by atoms with Crippen molar-refractivity contribution in [2.24, 2.45) is 0 Å². The third-order valence-corrected chi connectivity index (χ3v) is 21.6. The summed E-state index contributed by atoms with van der Waals surface area (Å²) >= 11 is 10.4. The fourth-order valence-electron chi connectivity index (χ4n) is 12.4. The third-order valence-electron chi connectivity index (χ3n) is 16.4. The lowest BCUT2D eigenvalue weighted by Gasteiger charge is -2.43. The van der Waals surface area contributed by atoms with Crippen LogP contribution in [0.25, 0.3) is 65.9 Å². The van der Waals surface area contributed by atoms with Gasteiger partial charge >= 0.3 is 0 Å². The summed E-state index contributed by atoms with van der Waals surface area (Å²) < 4.78 is 3.67. The molecule has 0 radical (unpaired) electrons. The maximum atomic E-state index is 8.63. The molecule has 1 unspecified atom stereocenters. The molecule has 0 aliphatic heterocycles. The molecule has 81 heavy (non-hydrogen) atoms. The molecule has 0 bridgehead atoms. The Balaban J connectivity index is 1.20. The molecule has 1 aliphatic rings. The van der Waals surface area contributed by atoms with Crippen molar-refractivity contribution in [3.8, 4) is 27.9 Å². The van der Waals surface area contributed by atoms with Gasteiger partial charge in [0.05, 0.1) is 33.1 Å². The number of anilines is 3. The average Bonchev–Trinajstić information content (AvgIpc) is 4.28. The number of aromatic nitrogens is 1. The van der Waals surface area contributed by atoms with E-state index >= 15 is 0 Å². The number of benzene rings is 10. The Kier molecular flexibility index (Phi) is 13.7. The summed E-state index contributed by atoms with van der Waals surface area (Å²) in [4.78, 5) is 7.32. The van der Waals surface area contributed by atoms with Crippen LogP contribution in [0.1, 0.15) is 60.9 Å². The Morgan fingerprint density at radius 3 is 1.86 bits per heavy atom. The predicted octanol–water partition coefficient (Wildman–Crippen LogP) is 23.0. The summed E-state index contributed by atoms with van der Waals surface area (Å²) in [5, 5.41) is 6.43. The number of hydrogen-bond acceptors (Lipinski definition) is 2. The Hall–Kier alpha value is -8.38. The van der Waals surface area contributed by atoms with E-state index in [0.29, 0.717) is 10.9 Å². The summed E-state index contributed by atoms with van der Waals surface area (Å²) in [5.41, 5.74) is 16.7. The topological polar surface area (TPSA) is 8.17 Å². The van der Waals surface area contributed by atoms with E-state index in [9.17, 15) is 0 Å². The first kappa shape index (κ1) is 52.0. The highest BCUT2D eigenvalue weighted by atomic mass is 35.5. The molecule has 2 aromatic heterocycles. The Bertz CT molecular complexity index is 4310. The van der Waals surface area contributed by atoms with Crippen LogP contribution >= 0.6 is 33.0 Å². The normalized spacial score (nSPS) is 13.8. The van der Waals surface area contributed by atoms with Crippen LogP contribution in [-0.4, -0.2) is 4.57 Å². The molecular formula is C76H63ClN2S2. The summed E-state index contributed by atoms with van der Waals surface area (Å²) in [6.45, 7) is 16.0. The number of halogens is 1. The smallest absolute Gasteiger partial charge is 0.0887 e. The fourth-order valence-corrected chi connectivity index (χ4v) is 17.5. The summed E-state index contributed by atoms with van der Waals surface area (Å²) in [5.74, 6) is 0.295. The number of thiophene rings is 1. The maximum absolute atomic E-state index is 8.63. The zero-order valence-electron chi connectivity index (χ0n) is 46.4. The second kappa shape index (κ2) is 21.3. The van der Waals surface area contributed by atoms with Crippen molar-refractivity contribution in [3.63, 3.8) is 0 Å². The molecule has 13 rings (SSSR count). The van der Waals surface area contributed by atoms with Gasteiger partial charge in [-0.2, -0.15) is 0 Å². The minimum absolute atomic E-state index is 0.0759. The first-order valence-electron chi connectivity index (χ1n) is 28.0. The van der Waals surface area contributed by atoms with Crippen molar-refractivity contribution < 1.29 is 0 Å². The van der Waals surface area contributed by atoms with Crippen LogP contribution in [0.2, 0.25) is 5.02 Å². The van der Waals surface area contributed by atoms with Crippen molar-refractivity contribution in [1.82, 2.24) is 4.57 Å². The average molecular weight is 1100 g/mol. The lowest BCUT2D eigenvalue weighted by molar-refractivity contribution is 0.591. The van der Waals surface area contributed by atoms with Crippen LogP contribution in [0, 0.1) is 13.8 Å². The van der Waals surface area contributed by atoms with Crippen molar-refractivity contribution >= 4 is 88.0 Å². The second-order valence-electron chi connectivity index (χ2n) is 22.3. The van der Waals surface area contributed by atoms with Gasteiger partial charge in [0.2, 0.25) is 0 Å². The number of allylic oxidation sites excluding steroid dienone is 4. The monoisotopic (exact) mass is 1100 g/mol. The van der Waals surface area contributed by atoms with Crippen molar-refractivity contribution in [2.75, 3.05) is 4.90 Å². The van der Waals surface area contributed by atoms with Crippen LogP contribution in [0.15, 0.2) is 280 Å². The van der Waals surface area contributed by atoms with Crippen molar-refractivity contribution in [3.05, 3.63) is 294 Å². The zero-order valence-corrected chi connectivity index (χ0v) is 48.8.